The molecule has 0 radical (unpaired) electrons. The minimum atomic E-state index is -0.0693. The Morgan fingerprint density at radius 1 is 1.14 bits per heavy atom. The van der Waals surface area contributed by atoms with Gasteiger partial charge in [0.05, 0.1) is 6.04 Å². The topological polar surface area (TPSA) is 71.3 Å². The van der Waals surface area contributed by atoms with Gasteiger partial charge in [-0.1, -0.05) is 59.8 Å². The predicted molar refractivity (Wildman–Crippen MR) is 111 cm³/mol. The van der Waals surface area contributed by atoms with Crippen LogP contribution in [-0.2, 0) is 0 Å². The van der Waals surface area contributed by atoms with Crippen LogP contribution in [-0.4, -0.2) is 34.2 Å². The number of hydrogen-bond acceptors (Lipinski definition) is 4. The highest BCUT2D eigenvalue weighted by atomic mass is 16.5. The van der Waals surface area contributed by atoms with Gasteiger partial charge >= 0.3 is 6.03 Å². The Morgan fingerprint density at radius 3 is 2.55 bits per heavy atom. The number of amides is 2. The summed E-state index contributed by atoms with van der Waals surface area (Å²) in [7, 11) is 0. The van der Waals surface area contributed by atoms with Crippen LogP contribution in [0.25, 0.3) is 11.1 Å². The van der Waals surface area contributed by atoms with E-state index in [0.29, 0.717) is 18.3 Å². The summed E-state index contributed by atoms with van der Waals surface area (Å²) in [5, 5.41) is 7.16. The molecule has 150 valence electrons. The second-order valence-electron chi connectivity index (χ2n) is 7.62. The average molecular weight is 390 g/mol. The molecule has 1 aliphatic rings. The highest BCUT2D eigenvalue weighted by Crippen LogP contribution is 2.26. The lowest BCUT2D eigenvalue weighted by Gasteiger charge is -2.32. The molecule has 0 saturated carbocycles. The Morgan fingerprint density at radius 2 is 1.86 bits per heavy atom. The molecule has 1 aliphatic heterocycles. The van der Waals surface area contributed by atoms with Crippen molar-refractivity contribution in [2.75, 3.05) is 13.1 Å². The van der Waals surface area contributed by atoms with Crippen molar-refractivity contribution >= 4 is 6.03 Å². The number of benzene rings is 2. The summed E-state index contributed by atoms with van der Waals surface area (Å²) in [6.45, 7) is 5.16. The number of likely N-dealkylation sites (tertiary alicyclic amines) is 1. The number of nitrogens with zero attached hydrogens (tertiary/aromatic N) is 3. The number of aryl methyl sites for hydroxylation is 1. The van der Waals surface area contributed by atoms with E-state index < -0.39 is 0 Å². The predicted octanol–water partition coefficient (Wildman–Crippen LogP) is 4.70. The maximum atomic E-state index is 12.8. The van der Waals surface area contributed by atoms with Crippen LogP contribution in [0.2, 0.25) is 0 Å². The summed E-state index contributed by atoms with van der Waals surface area (Å²) < 4.78 is 5.10. The monoisotopic (exact) mass is 390 g/mol. The summed E-state index contributed by atoms with van der Waals surface area (Å²) in [6, 6.07) is 18.5. The molecule has 6 nitrogen and oxygen atoms in total. The molecule has 3 aromatic rings. The van der Waals surface area contributed by atoms with E-state index >= 15 is 0 Å². The first-order valence-corrected chi connectivity index (χ1v) is 10.1. The number of nitrogens with one attached hydrogen (secondary N) is 1. The van der Waals surface area contributed by atoms with E-state index in [1.165, 1.54) is 11.1 Å². The van der Waals surface area contributed by atoms with Crippen LogP contribution in [0, 0.1) is 6.92 Å². The molecule has 4 rings (SSSR count). The van der Waals surface area contributed by atoms with E-state index in [4.69, 9.17) is 4.52 Å². The lowest BCUT2D eigenvalue weighted by atomic mass is 9.97. The van der Waals surface area contributed by atoms with Crippen LogP contribution in [0.3, 0.4) is 0 Å². The van der Waals surface area contributed by atoms with E-state index in [0.717, 1.165) is 24.9 Å². The number of aromatic nitrogens is 2. The van der Waals surface area contributed by atoms with Crippen molar-refractivity contribution in [1.82, 2.24) is 20.4 Å². The largest absolute Gasteiger partial charge is 0.340 e. The molecular formula is C23H26N4O2. The quantitative estimate of drug-likeness (QED) is 0.701. The summed E-state index contributed by atoms with van der Waals surface area (Å²) in [4.78, 5) is 19.0. The second-order valence-corrected chi connectivity index (χ2v) is 7.62. The van der Waals surface area contributed by atoms with Gasteiger partial charge in [-0.2, -0.15) is 4.98 Å². The highest BCUT2D eigenvalue weighted by molar-refractivity contribution is 5.75. The third-order valence-corrected chi connectivity index (χ3v) is 5.47. The van der Waals surface area contributed by atoms with Crippen LogP contribution in [0.1, 0.15) is 49.0 Å². The highest BCUT2D eigenvalue weighted by Gasteiger charge is 2.28. The van der Waals surface area contributed by atoms with Gasteiger partial charge in [-0.05, 0) is 36.5 Å². The van der Waals surface area contributed by atoms with Gasteiger partial charge in [-0.15, -0.1) is 0 Å². The molecule has 6 heteroatoms. The fourth-order valence-electron chi connectivity index (χ4n) is 3.81. The lowest BCUT2D eigenvalue weighted by molar-refractivity contribution is 0.174. The fourth-order valence-corrected chi connectivity index (χ4v) is 3.81. The number of urea groups is 1. The SMILES string of the molecule is Cc1nc(C2CCCN(C(=O)NC(C)c3ccc(-c4ccccc4)cc3)C2)no1. The van der Waals surface area contributed by atoms with E-state index in [2.05, 4.69) is 51.9 Å². The van der Waals surface area contributed by atoms with Gasteiger partial charge < -0.3 is 14.7 Å². The molecule has 1 fully saturated rings. The van der Waals surface area contributed by atoms with E-state index in [-0.39, 0.29) is 18.0 Å². The normalized spacial score (nSPS) is 17.7. The molecule has 2 aromatic carbocycles. The maximum Gasteiger partial charge on any atom is 0.317 e. The molecule has 1 N–H and O–H groups in total. The van der Waals surface area contributed by atoms with Crippen molar-refractivity contribution in [3.63, 3.8) is 0 Å². The third-order valence-electron chi connectivity index (χ3n) is 5.47. The molecule has 2 atom stereocenters. The maximum absolute atomic E-state index is 12.8. The molecule has 2 unspecified atom stereocenters. The molecule has 0 spiro atoms. The minimum absolute atomic E-state index is 0.0467. The second kappa shape index (κ2) is 8.47. The van der Waals surface area contributed by atoms with Gasteiger partial charge in [0.25, 0.3) is 0 Å². The number of carbonyl (C=O) groups excluding carboxylic acids is 1. The smallest absolute Gasteiger partial charge is 0.317 e. The Hall–Kier alpha value is -3.15. The number of piperidine rings is 1. The molecule has 1 aromatic heterocycles. The summed E-state index contributed by atoms with van der Waals surface area (Å²) in [6.07, 6.45) is 1.91. The van der Waals surface area contributed by atoms with E-state index in [9.17, 15) is 4.79 Å². The first kappa shape index (κ1) is 19.2. The summed E-state index contributed by atoms with van der Waals surface area (Å²) in [5.41, 5.74) is 3.44. The standard InChI is InChI=1S/C23H26N4O2/c1-16(18-10-12-20(13-11-18)19-7-4-3-5-8-19)24-23(28)27-14-6-9-21(15-27)22-25-17(2)29-26-22/h3-5,7-8,10-13,16,21H,6,9,14-15H2,1-2H3,(H,24,28). The zero-order valence-corrected chi connectivity index (χ0v) is 16.8. The molecular weight excluding hydrogens is 364 g/mol. The van der Waals surface area contributed by atoms with Crippen LogP contribution >= 0.6 is 0 Å². The number of rotatable bonds is 4. The first-order chi connectivity index (χ1) is 14.1. The Kier molecular flexibility index (Phi) is 5.60. The van der Waals surface area contributed by atoms with Crippen molar-refractivity contribution in [3.05, 3.63) is 71.9 Å². The zero-order chi connectivity index (χ0) is 20.2. The number of carbonyl (C=O) groups is 1. The summed E-state index contributed by atoms with van der Waals surface area (Å²) in [5.74, 6) is 1.39. The molecule has 1 saturated heterocycles. The first-order valence-electron chi connectivity index (χ1n) is 10.1. The van der Waals surface area contributed by atoms with Gasteiger partial charge in [-0.3, -0.25) is 0 Å². The van der Waals surface area contributed by atoms with Crippen LogP contribution in [0.4, 0.5) is 4.79 Å². The average Bonchev–Trinajstić information content (AvgIpc) is 3.21. The Labute approximate surface area is 170 Å². The lowest BCUT2D eigenvalue weighted by Crippen LogP contribution is -2.45. The van der Waals surface area contributed by atoms with Crippen LogP contribution in [0.5, 0.6) is 0 Å². The Balaban J connectivity index is 1.37. The molecule has 2 heterocycles. The van der Waals surface area contributed by atoms with Crippen molar-refractivity contribution in [2.24, 2.45) is 0 Å². The van der Waals surface area contributed by atoms with Gasteiger partial charge in [-0.25, -0.2) is 4.79 Å². The van der Waals surface area contributed by atoms with E-state index in [1.807, 2.05) is 30.0 Å². The van der Waals surface area contributed by atoms with Crippen molar-refractivity contribution in [2.45, 2.75) is 38.6 Å². The number of hydrogen-bond donors (Lipinski definition) is 1. The van der Waals surface area contributed by atoms with Crippen molar-refractivity contribution < 1.29 is 9.32 Å². The van der Waals surface area contributed by atoms with Gasteiger partial charge in [0.1, 0.15) is 0 Å². The zero-order valence-electron chi connectivity index (χ0n) is 16.8. The molecule has 0 bridgehead atoms. The van der Waals surface area contributed by atoms with Gasteiger partial charge in [0, 0.05) is 25.9 Å². The van der Waals surface area contributed by atoms with Crippen LogP contribution in [0.15, 0.2) is 59.1 Å². The minimum Gasteiger partial charge on any atom is -0.340 e. The van der Waals surface area contributed by atoms with Crippen LogP contribution < -0.4 is 5.32 Å². The molecule has 0 aliphatic carbocycles. The third kappa shape index (κ3) is 4.47. The van der Waals surface area contributed by atoms with E-state index in [1.54, 1.807) is 6.92 Å². The summed E-state index contributed by atoms with van der Waals surface area (Å²) >= 11 is 0. The molecule has 29 heavy (non-hydrogen) atoms. The Bertz CT molecular complexity index is 953. The van der Waals surface area contributed by atoms with Gasteiger partial charge in [0.15, 0.2) is 5.82 Å². The van der Waals surface area contributed by atoms with Crippen molar-refractivity contribution in [1.29, 1.82) is 0 Å². The fraction of sp³-hybridized carbons (Fsp3) is 0.348. The van der Waals surface area contributed by atoms with Gasteiger partial charge in [0.2, 0.25) is 5.89 Å². The van der Waals surface area contributed by atoms with Crippen molar-refractivity contribution in [3.8, 4) is 11.1 Å². The molecule has 2 amide bonds.